The van der Waals surface area contributed by atoms with Gasteiger partial charge in [-0.15, -0.1) is 0 Å². The van der Waals surface area contributed by atoms with Crippen molar-refractivity contribution in [3.63, 3.8) is 0 Å². The molecule has 0 saturated carbocycles. The van der Waals surface area contributed by atoms with E-state index in [1.54, 1.807) is 44.2 Å². The van der Waals surface area contributed by atoms with Gasteiger partial charge < -0.3 is 35.5 Å². The maximum absolute atomic E-state index is 13.0. The third kappa shape index (κ3) is 31.7. The van der Waals surface area contributed by atoms with E-state index in [1.807, 2.05) is 129 Å². The lowest BCUT2D eigenvalue weighted by atomic mass is 10.1. The van der Waals surface area contributed by atoms with Gasteiger partial charge in [0.25, 0.3) is 0 Å². The lowest BCUT2D eigenvalue weighted by molar-refractivity contribution is -0.191. The molecule has 0 spiro atoms. The summed E-state index contributed by atoms with van der Waals surface area (Å²) in [5.41, 5.74) is 13.5. The average Bonchev–Trinajstić information content (AvgIpc) is 1.56. The summed E-state index contributed by atoms with van der Waals surface area (Å²) in [6.07, 6.45) is 5.73. The first-order valence-electron chi connectivity index (χ1n) is 36.4. The van der Waals surface area contributed by atoms with E-state index in [0.717, 1.165) is 74.8 Å². The van der Waals surface area contributed by atoms with Crippen LogP contribution in [0, 0.1) is 54.3 Å². The van der Waals surface area contributed by atoms with Crippen LogP contribution in [0.1, 0.15) is 169 Å². The fourth-order valence-electron chi connectivity index (χ4n) is 11.5. The molecule has 2 saturated heterocycles. The van der Waals surface area contributed by atoms with Gasteiger partial charge in [0.2, 0.25) is 11.8 Å². The zero-order valence-electron chi connectivity index (χ0n) is 64.3. The molecule has 111 heavy (non-hydrogen) atoms. The number of pyridine rings is 4. The number of esters is 3. The summed E-state index contributed by atoms with van der Waals surface area (Å²) < 4.78 is 14.9. The highest BCUT2D eigenvalue weighted by Gasteiger charge is 2.22. The van der Waals surface area contributed by atoms with Crippen LogP contribution in [0.3, 0.4) is 0 Å². The molecule has 4 aromatic carbocycles. The number of ether oxygens (including phenoxy) is 3. The summed E-state index contributed by atoms with van der Waals surface area (Å²) in [6, 6.07) is 44.2. The van der Waals surface area contributed by atoms with Crippen LogP contribution in [0.25, 0.3) is 0 Å². The lowest BCUT2D eigenvalue weighted by Gasteiger charge is -2.25. The zero-order valence-corrected chi connectivity index (χ0v) is 64.3. The van der Waals surface area contributed by atoms with E-state index in [9.17, 15) is 33.6 Å². The van der Waals surface area contributed by atoms with Gasteiger partial charge in [0.15, 0.2) is 0 Å². The van der Waals surface area contributed by atoms with Gasteiger partial charge in [0, 0.05) is 166 Å². The van der Waals surface area contributed by atoms with Crippen LogP contribution in [0.2, 0.25) is 0 Å². The minimum atomic E-state index is -0.571. The Bertz CT molecular complexity index is 4660. The van der Waals surface area contributed by atoms with Crippen LogP contribution in [-0.2, 0) is 81.9 Å². The maximum Gasteiger partial charge on any atom is 0.373 e. The predicted octanol–water partition coefficient (Wildman–Crippen LogP) is 9.55. The summed E-state index contributed by atoms with van der Waals surface area (Å²) in [4.78, 5) is 125. The van der Waals surface area contributed by atoms with Gasteiger partial charge in [-0.3, -0.25) is 38.9 Å². The molecule has 10 rings (SSSR count). The van der Waals surface area contributed by atoms with E-state index < -0.39 is 17.9 Å². The fraction of sp³-hybridized carbons (Fsp3) is 0.318. The number of hydrogen-bond acceptors (Lipinski definition) is 21. The van der Waals surface area contributed by atoms with Gasteiger partial charge in [0.05, 0.1) is 38.4 Å². The number of hydrogen-bond donors (Lipinski definition) is 4. The highest BCUT2D eigenvalue weighted by Crippen LogP contribution is 2.19. The van der Waals surface area contributed by atoms with Crippen LogP contribution >= 0.6 is 0 Å². The number of ketones is 2. The maximum atomic E-state index is 13.0. The summed E-state index contributed by atoms with van der Waals surface area (Å²) >= 11 is 0. The number of aryl methyl sites for hydroxylation is 2. The molecule has 0 atom stereocenters. The Morgan fingerprint density at radius 1 is 0.387 bits per heavy atom. The second kappa shape index (κ2) is 46.1. The third-order valence-corrected chi connectivity index (χ3v) is 16.9. The van der Waals surface area contributed by atoms with Crippen molar-refractivity contribution >= 4 is 58.8 Å². The number of nitrogens with zero attached hydrogens (tertiary/aromatic N) is 7. The molecular formula is C88H93N11O12. The highest BCUT2D eigenvalue weighted by molar-refractivity contribution is 5.90. The molecular weight excluding hydrogens is 1400 g/mol. The monoisotopic (exact) mass is 1500 g/mol. The van der Waals surface area contributed by atoms with Crippen molar-refractivity contribution in [2.24, 2.45) is 0 Å². The number of amides is 2. The molecule has 2 fully saturated rings. The van der Waals surface area contributed by atoms with Crippen LogP contribution in [0.15, 0.2) is 146 Å². The second-order valence-corrected chi connectivity index (χ2v) is 26.2. The van der Waals surface area contributed by atoms with Crippen LogP contribution < -0.4 is 21.3 Å². The Balaban J connectivity index is 0.000000387. The third-order valence-electron chi connectivity index (χ3n) is 16.9. The molecule has 2 aliphatic heterocycles. The zero-order chi connectivity index (χ0) is 79.9. The summed E-state index contributed by atoms with van der Waals surface area (Å²) in [7, 11) is 3.97. The molecule has 2 aliphatic rings. The molecule has 572 valence electrons. The minimum absolute atomic E-state index is 0.0823. The SMILES string of the molecule is C1CCNCCNCC1.CCc1cc(C#Cc2ccc(NC(C)=O)cc2)cc(C(=O)OC)n1.COC(=O)c1cc(C#Cc2ccc(CC(C)=O)cc2)cc(CN2CCN(Cc3cc(C#Cc4ccc(NC(C)=O)cc4)cc(C)n3)CCN(Cc3cc(C#Cc4ccc(CC(C)=O)cc4)cc(C(=O)OC)n3)CC2)n1.O=C=O. The number of benzene rings is 4. The summed E-state index contributed by atoms with van der Waals surface area (Å²) in [5, 5.41) is 12.2. The van der Waals surface area contributed by atoms with E-state index in [4.69, 9.17) is 38.8 Å². The van der Waals surface area contributed by atoms with E-state index in [2.05, 4.69) is 88.3 Å². The Labute approximate surface area is 649 Å². The molecule has 0 radical (unpaired) electrons. The molecule has 2 amide bonds. The van der Waals surface area contributed by atoms with Gasteiger partial charge in [-0.25, -0.2) is 29.3 Å². The van der Waals surface area contributed by atoms with E-state index in [0.29, 0.717) is 112 Å². The Morgan fingerprint density at radius 3 is 0.982 bits per heavy atom. The van der Waals surface area contributed by atoms with Gasteiger partial charge in [-0.2, -0.15) is 9.59 Å². The lowest BCUT2D eigenvalue weighted by Crippen LogP contribution is -2.36. The highest BCUT2D eigenvalue weighted by atomic mass is 16.5. The smallest absolute Gasteiger partial charge is 0.373 e. The molecule has 4 N–H and O–H groups in total. The molecule has 0 aliphatic carbocycles. The molecule has 23 nitrogen and oxygen atoms in total. The first kappa shape index (κ1) is 85.8. The minimum Gasteiger partial charge on any atom is -0.464 e. The molecule has 6 heterocycles. The number of Topliss-reactive ketones (excluding diaryl/α,β-unsaturated/α-hetero) is 2. The molecule has 4 aromatic heterocycles. The van der Waals surface area contributed by atoms with E-state index in [-0.39, 0.29) is 46.6 Å². The topological polar surface area (TPSA) is 291 Å². The molecule has 8 aromatic rings. The molecule has 0 unspecified atom stereocenters. The quantitative estimate of drug-likeness (QED) is 0.0398. The van der Waals surface area contributed by atoms with Crippen LogP contribution in [-0.4, -0.2) is 169 Å². The Hall–Kier alpha value is -12.4. The van der Waals surface area contributed by atoms with Crippen molar-refractivity contribution < 1.29 is 57.4 Å². The van der Waals surface area contributed by atoms with Crippen molar-refractivity contribution in [2.75, 3.05) is 97.4 Å². The van der Waals surface area contributed by atoms with Crippen LogP contribution in [0.5, 0.6) is 0 Å². The van der Waals surface area contributed by atoms with Gasteiger partial charge in [-0.1, -0.05) is 85.0 Å². The number of aromatic nitrogens is 4. The van der Waals surface area contributed by atoms with Crippen molar-refractivity contribution in [1.82, 2.24) is 45.3 Å². The normalized spacial score (nSPS) is 12.8. The van der Waals surface area contributed by atoms with Crippen molar-refractivity contribution in [2.45, 2.75) is 99.7 Å². The first-order chi connectivity index (χ1) is 53.6. The number of carbonyl (C=O) groups is 7. The Kier molecular flexibility index (Phi) is 35.6. The second-order valence-electron chi connectivity index (χ2n) is 26.2. The summed E-state index contributed by atoms with van der Waals surface area (Å²) in [6.45, 7) is 19.9. The number of methoxy groups -OCH3 is 3. The number of anilines is 2. The van der Waals surface area contributed by atoms with E-state index >= 15 is 0 Å². The van der Waals surface area contributed by atoms with Gasteiger partial charge >= 0.3 is 24.1 Å². The van der Waals surface area contributed by atoms with Gasteiger partial charge in [-0.05, 0) is 186 Å². The fourth-order valence-corrected chi connectivity index (χ4v) is 11.5. The average molecular weight is 1500 g/mol. The summed E-state index contributed by atoms with van der Waals surface area (Å²) in [5.74, 6) is 23.7. The molecule has 0 bridgehead atoms. The van der Waals surface area contributed by atoms with Crippen molar-refractivity contribution in [3.8, 4) is 47.4 Å². The number of nitrogens with one attached hydrogen (secondary N) is 4. The standard InChI is InChI=1S/C61H59N7O7.C19H18N2O3.C7H16N2.CO2/c1-42-31-51(18-11-48-21-23-54(24-22-48)63-45(4)71)34-55(62-42)39-66-25-27-67(40-56-35-52(37-58(64-56)60(72)74-5)19-12-46-7-14-49(15-8-46)32-43(2)69)29-30-68(28-26-66)41-57-36-53(38-59(65-57)61(73)75-6)20-13-47-9-16-50(17-10-47)33-44(3)70;1-4-16-11-15(12-18(21-16)19(23)24-3)6-5-14-7-9-17(10-8-14)20-13(2)22;1-2-4-8-6-7-9-5-3-1;2-1-3/h7-10,14-17,21-24,31,34-38H,25-30,32-33,39-41H2,1-6H3,(H,63,71);7-12H,4H2,1-3H3,(H,20,22);8-9H,1-7H2;. The van der Waals surface area contributed by atoms with Crippen LogP contribution in [0.4, 0.5) is 11.4 Å². The molecule has 23 heteroatoms. The van der Waals surface area contributed by atoms with E-state index in [1.165, 1.54) is 67.5 Å². The largest absolute Gasteiger partial charge is 0.464 e. The Morgan fingerprint density at radius 2 is 0.676 bits per heavy atom. The van der Waals surface area contributed by atoms with Gasteiger partial charge in [0.1, 0.15) is 28.6 Å². The van der Waals surface area contributed by atoms with Crippen molar-refractivity contribution in [1.29, 1.82) is 0 Å². The first-order valence-corrected chi connectivity index (χ1v) is 36.4. The number of rotatable bonds is 16. The number of carbonyl (C=O) groups excluding carboxylic acids is 9. The predicted molar refractivity (Wildman–Crippen MR) is 423 cm³/mol. The van der Waals surface area contributed by atoms with Crippen molar-refractivity contribution in [3.05, 3.63) is 247 Å².